The molecule has 1 atom stereocenters. The first kappa shape index (κ1) is 18.1. The Labute approximate surface area is 172 Å². The molecule has 1 amide bonds. The molecule has 30 heavy (non-hydrogen) atoms. The van der Waals surface area contributed by atoms with Gasteiger partial charge in [0.25, 0.3) is 5.91 Å². The molecule has 0 spiro atoms. The van der Waals surface area contributed by atoms with Crippen molar-refractivity contribution in [1.29, 1.82) is 0 Å². The van der Waals surface area contributed by atoms with Gasteiger partial charge in [-0.1, -0.05) is 18.2 Å². The third-order valence-electron chi connectivity index (χ3n) is 5.59. The molecule has 0 unspecified atom stereocenters. The summed E-state index contributed by atoms with van der Waals surface area (Å²) in [5.41, 5.74) is 3.07. The molecule has 6 heteroatoms. The number of fused-ring (bicyclic) bond motifs is 2. The number of carbonyl (C=O) groups excluding carboxylic acids is 1. The van der Waals surface area contributed by atoms with Crippen molar-refractivity contribution in [3.63, 3.8) is 0 Å². The first-order valence-electron chi connectivity index (χ1n) is 9.57. The molecule has 148 valence electrons. The van der Waals surface area contributed by atoms with Gasteiger partial charge in [-0.15, -0.1) is 0 Å². The quantitative estimate of drug-likeness (QED) is 0.545. The summed E-state index contributed by atoms with van der Waals surface area (Å²) in [7, 11) is 0. The van der Waals surface area contributed by atoms with Crippen LogP contribution < -0.4 is 10.3 Å². The Morgan fingerprint density at radius 3 is 2.43 bits per heavy atom. The van der Waals surface area contributed by atoms with Crippen LogP contribution in [0.25, 0.3) is 11.0 Å². The van der Waals surface area contributed by atoms with E-state index in [0.717, 1.165) is 11.1 Å². The molecule has 6 nitrogen and oxygen atoms in total. The van der Waals surface area contributed by atoms with E-state index in [1.54, 1.807) is 48.7 Å². The van der Waals surface area contributed by atoms with Gasteiger partial charge in [-0.05, 0) is 66.9 Å². The summed E-state index contributed by atoms with van der Waals surface area (Å²) in [5.74, 6) is 0.130. The van der Waals surface area contributed by atoms with E-state index in [2.05, 4.69) is 4.98 Å². The third kappa shape index (κ3) is 2.61. The fourth-order valence-corrected chi connectivity index (χ4v) is 3.93. The number of phenols is 1. The van der Waals surface area contributed by atoms with Crippen molar-refractivity contribution in [2.45, 2.75) is 19.9 Å². The average molecular weight is 398 g/mol. The minimum absolute atomic E-state index is 0.0273. The van der Waals surface area contributed by atoms with Crippen LogP contribution in [-0.2, 0) is 0 Å². The molecule has 4 aromatic rings. The zero-order valence-corrected chi connectivity index (χ0v) is 16.4. The van der Waals surface area contributed by atoms with Crippen molar-refractivity contribution in [2.24, 2.45) is 0 Å². The van der Waals surface area contributed by atoms with Gasteiger partial charge in [0.15, 0.2) is 5.43 Å². The van der Waals surface area contributed by atoms with E-state index in [9.17, 15) is 14.7 Å². The van der Waals surface area contributed by atoms with Crippen molar-refractivity contribution >= 4 is 22.7 Å². The first-order valence-corrected chi connectivity index (χ1v) is 9.57. The van der Waals surface area contributed by atoms with Gasteiger partial charge in [0.2, 0.25) is 5.76 Å². The number of aromatic hydroxyl groups is 1. The van der Waals surface area contributed by atoms with Gasteiger partial charge in [-0.2, -0.15) is 0 Å². The topological polar surface area (TPSA) is 83.6 Å². The van der Waals surface area contributed by atoms with E-state index in [1.165, 1.54) is 17.0 Å². The number of benzene rings is 2. The lowest BCUT2D eigenvalue weighted by molar-refractivity contribution is 0.0970. The maximum Gasteiger partial charge on any atom is 0.296 e. The van der Waals surface area contributed by atoms with Crippen LogP contribution in [0.15, 0.2) is 70.0 Å². The lowest BCUT2D eigenvalue weighted by Gasteiger charge is -2.24. The number of amides is 1. The average Bonchev–Trinajstić information content (AvgIpc) is 3.04. The van der Waals surface area contributed by atoms with Gasteiger partial charge in [-0.25, -0.2) is 4.98 Å². The number of rotatable bonds is 2. The van der Waals surface area contributed by atoms with E-state index in [0.29, 0.717) is 22.4 Å². The zero-order valence-electron chi connectivity index (χ0n) is 16.4. The number of hydrogen-bond donors (Lipinski definition) is 1. The van der Waals surface area contributed by atoms with Crippen LogP contribution in [0.2, 0.25) is 0 Å². The van der Waals surface area contributed by atoms with E-state index in [-0.39, 0.29) is 22.5 Å². The normalized spacial score (nSPS) is 15.6. The molecule has 0 saturated carbocycles. The molecule has 1 N–H and O–H groups in total. The summed E-state index contributed by atoms with van der Waals surface area (Å²) in [6, 6.07) is 14.6. The minimum Gasteiger partial charge on any atom is -0.508 e. The summed E-state index contributed by atoms with van der Waals surface area (Å²) in [6.45, 7) is 3.87. The van der Waals surface area contributed by atoms with Crippen molar-refractivity contribution in [3.8, 4) is 5.75 Å². The van der Waals surface area contributed by atoms with Crippen molar-refractivity contribution in [2.75, 3.05) is 4.90 Å². The molecule has 0 fully saturated rings. The van der Waals surface area contributed by atoms with E-state index >= 15 is 0 Å². The minimum atomic E-state index is -0.703. The largest absolute Gasteiger partial charge is 0.508 e. The fraction of sp³-hybridized carbons (Fsp3) is 0.125. The maximum atomic E-state index is 13.5. The Hall–Kier alpha value is -3.93. The van der Waals surface area contributed by atoms with Crippen LogP contribution in [-0.4, -0.2) is 16.0 Å². The zero-order chi connectivity index (χ0) is 21.0. The van der Waals surface area contributed by atoms with Gasteiger partial charge in [0, 0.05) is 6.20 Å². The predicted octanol–water partition coefficient (Wildman–Crippen LogP) is 4.26. The first-order chi connectivity index (χ1) is 14.5. The summed E-state index contributed by atoms with van der Waals surface area (Å²) in [5, 5.41) is 10.1. The number of hydrogen-bond acceptors (Lipinski definition) is 5. The van der Waals surface area contributed by atoms with Crippen LogP contribution >= 0.6 is 0 Å². The molecule has 0 saturated heterocycles. The Bertz CT molecular complexity index is 1360. The number of nitrogens with zero attached hydrogens (tertiary/aromatic N) is 2. The molecule has 0 radical (unpaired) electrons. The van der Waals surface area contributed by atoms with Gasteiger partial charge in [0.1, 0.15) is 17.2 Å². The molecular formula is C24H18N2O4. The lowest BCUT2D eigenvalue weighted by Crippen LogP contribution is -2.30. The van der Waals surface area contributed by atoms with Crippen LogP contribution in [0.4, 0.5) is 5.82 Å². The highest BCUT2D eigenvalue weighted by molar-refractivity contribution is 6.10. The molecule has 2 aromatic heterocycles. The van der Waals surface area contributed by atoms with E-state index < -0.39 is 11.9 Å². The second-order valence-electron chi connectivity index (χ2n) is 7.46. The Morgan fingerprint density at radius 1 is 1.00 bits per heavy atom. The highest BCUT2D eigenvalue weighted by Crippen LogP contribution is 2.40. The fourth-order valence-electron chi connectivity index (χ4n) is 3.93. The van der Waals surface area contributed by atoms with Crippen LogP contribution in [0.3, 0.4) is 0 Å². The summed E-state index contributed by atoms with van der Waals surface area (Å²) >= 11 is 0. The Kier molecular flexibility index (Phi) is 3.96. The Balaban J connectivity index is 1.83. The number of aryl methyl sites for hydroxylation is 2. The summed E-state index contributed by atoms with van der Waals surface area (Å²) < 4.78 is 5.99. The molecule has 2 aromatic carbocycles. The highest BCUT2D eigenvalue weighted by atomic mass is 16.3. The molecule has 1 aliphatic heterocycles. The molecular weight excluding hydrogens is 380 g/mol. The van der Waals surface area contributed by atoms with Crippen LogP contribution in [0.1, 0.15) is 38.9 Å². The highest BCUT2D eigenvalue weighted by Gasteiger charge is 2.44. The van der Waals surface area contributed by atoms with Crippen molar-refractivity contribution < 1.29 is 14.3 Å². The molecule has 1 aliphatic rings. The van der Waals surface area contributed by atoms with Crippen molar-refractivity contribution in [3.05, 3.63) is 99.0 Å². The van der Waals surface area contributed by atoms with Gasteiger partial charge in [0.05, 0.1) is 17.0 Å². The second-order valence-corrected chi connectivity index (χ2v) is 7.46. The number of anilines is 1. The van der Waals surface area contributed by atoms with Crippen LogP contribution in [0.5, 0.6) is 5.75 Å². The molecule has 5 rings (SSSR count). The molecule has 0 aliphatic carbocycles. The number of carbonyl (C=O) groups is 1. The maximum absolute atomic E-state index is 13.5. The van der Waals surface area contributed by atoms with Gasteiger partial charge in [-0.3, -0.25) is 14.5 Å². The molecule has 3 heterocycles. The summed E-state index contributed by atoms with van der Waals surface area (Å²) in [6.07, 6.45) is 1.60. The SMILES string of the molecule is Cc1cc2oc3c(c(=O)c2cc1C)[C@@H](c1ccc(O)cc1)N(c1ccccn1)C3=O. The third-order valence-corrected chi connectivity index (χ3v) is 5.59. The lowest BCUT2D eigenvalue weighted by atomic mass is 9.97. The van der Waals surface area contributed by atoms with Gasteiger partial charge >= 0.3 is 0 Å². The van der Waals surface area contributed by atoms with E-state index in [4.69, 9.17) is 4.42 Å². The van der Waals surface area contributed by atoms with Crippen LogP contribution in [0, 0.1) is 13.8 Å². The monoisotopic (exact) mass is 398 g/mol. The number of phenolic OH excluding ortho intramolecular Hbond substituents is 1. The Morgan fingerprint density at radius 2 is 1.73 bits per heavy atom. The van der Waals surface area contributed by atoms with Crippen molar-refractivity contribution in [1.82, 2.24) is 4.98 Å². The number of pyridine rings is 1. The smallest absolute Gasteiger partial charge is 0.296 e. The number of aromatic nitrogens is 1. The second kappa shape index (κ2) is 6.56. The van der Waals surface area contributed by atoms with E-state index in [1.807, 2.05) is 13.8 Å². The predicted molar refractivity (Wildman–Crippen MR) is 113 cm³/mol. The standard InChI is InChI=1S/C24H18N2O4/c1-13-11-17-18(12-14(13)2)30-23-20(22(17)28)21(15-6-8-16(27)9-7-15)26(24(23)29)19-5-3-4-10-25-19/h3-12,21,27H,1-2H3/t21-/m1/s1. The molecule has 0 bridgehead atoms. The van der Waals surface area contributed by atoms with Gasteiger partial charge < -0.3 is 9.52 Å². The summed E-state index contributed by atoms with van der Waals surface area (Å²) in [4.78, 5) is 32.7.